The zero-order valence-electron chi connectivity index (χ0n) is 13.4. The maximum atomic E-state index is 12.4. The third-order valence-electron chi connectivity index (χ3n) is 4.25. The van der Waals surface area contributed by atoms with Gasteiger partial charge in [-0.15, -0.1) is 0 Å². The Morgan fingerprint density at radius 2 is 1.95 bits per heavy atom. The van der Waals surface area contributed by atoms with Gasteiger partial charge >= 0.3 is 0 Å². The molecule has 0 saturated carbocycles. The molecule has 3 nitrogen and oxygen atoms in total. The molecule has 0 amide bonds. The number of rotatable bonds is 2. The van der Waals surface area contributed by atoms with Gasteiger partial charge in [0.05, 0.1) is 12.8 Å². The van der Waals surface area contributed by atoms with Crippen LogP contribution >= 0.6 is 11.6 Å². The lowest BCUT2D eigenvalue weighted by Crippen LogP contribution is -2.27. The Kier molecular flexibility index (Phi) is 3.56. The summed E-state index contributed by atoms with van der Waals surface area (Å²) in [6, 6.07) is 7.54. The lowest BCUT2D eigenvalue weighted by molar-refractivity contribution is 0.0911. The number of Topliss-reactive ketones (excluding diaryl/α,β-unsaturated/α-hetero) is 1. The Bertz CT molecular complexity index is 759. The predicted octanol–water partition coefficient (Wildman–Crippen LogP) is 4.60. The van der Waals surface area contributed by atoms with E-state index in [1.165, 1.54) is 0 Å². The molecule has 22 heavy (non-hydrogen) atoms. The summed E-state index contributed by atoms with van der Waals surface area (Å²) < 4.78 is 7.59. The first kappa shape index (κ1) is 15.2. The van der Waals surface area contributed by atoms with E-state index in [-0.39, 0.29) is 11.2 Å². The van der Waals surface area contributed by atoms with E-state index in [4.69, 9.17) is 16.3 Å². The fourth-order valence-electron chi connectivity index (χ4n) is 3.32. The van der Waals surface area contributed by atoms with Gasteiger partial charge in [-0.3, -0.25) is 4.79 Å². The molecule has 4 heteroatoms. The number of aryl methyl sites for hydroxylation is 1. The molecule has 0 aliphatic heterocycles. The minimum Gasteiger partial charge on any atom is -0.495 e. The van der Waals surface area contributed by atoms with Crippen molar-refractivity contribution in [3.63, 3.8) is 0 Å². The van der Waals surface area contributed by atoms with Gasteiger partial charge in [0.1, 0.15) is 5.75 Å². The van der Waals surface area contributed by atoms with Gasteiger partial charge in [-0.2, -0.15) is 0 Å². The highest BCUT2D eigenvalue weighted by molar-refractivity contribution is 6.30. The third-order valence-corrected chi connectivity index (χ3v) is 4.49. The zero-order valence-corrected chi connectivity index (χ0v) is 14.1. The Hall–Kier alpha value is -1.74. The van der Waals surface area contributed by atoms with Gasteiger partial charge in [-0.05, 0) is 43.0 Å². The number of halogens is 1. The number of hydrogen-bond acceptors (Lipinski definition) is 2. The van der Waals surface area contributed by atoms with E-state index >= 15 is 0 Å². The van der Waals surface area contributed by atoms with E-state index in [1.54, 1.807) is 7.11 Å². The summed E-state index contributed by atoms with van der Waals surface area (Å²) in [5, 5.41) is 0.652. The van der Waals surface area contributed by atoms with E-state index in [2.05, 4.69) is 18.4 Å². The number of nitrogens with zero attached hydrogens (tertiary/aromatic N) is 1. The Labute approximate surface area is 135 Å². The van der Waals surface area contributed by atoms with Crippen molar-refractivity contribution < 1.29 is 9.53 Å². The number of fused-ring (bicyclic) bond motifs is 1. The van der Waals surface area contributed by atoms with Gasteiger partial charge < -0.3 is 9.30 Å². The number of benzene rings is 1. The topological polar surface area (TPSA) is 31.2 Å². The predicted molar refractivity (Wildman–Crippen MR) is 88.5 cm³/mol. The van der Waals surface area contributed by atoms with Crippen LogP contribution in [0.15, 0.2) is 24.3 Å². The van der Waals surface area contributed by atoms with Crippen molar-refractivity contribution in [2.45, 2.75) is 33.6 Å². The lowest BCUT2D eigenvalue weighted by Gasteiger charge is -2.30. The van der Waals surface area contributed by atoms with Crippen LogP contribution in [0.1, 0.15) is 42.0 Å². The van der Waals surface area contributed by atoms with Crippen LogP contribution in [0.5, 0.6) is 5.75 Å². The van der Waals surface area contributed by atoms with Crippen LogP contribution in [-0.2, 0) is 6.42 Å². The molecule has 0 bridgehead atoms. The maximum Gasteiger partial charge on any atom is 0.165 e. The second kappa shape index (κ2) is 5.17. The van der Waals surface area contributed by atoms with E-state index < -0.39 is 0 Å². The van der Waals surface area contributed by atoms with Crippen LogP contribution in [0, 0.1) is 12.3 Å². The lowest BCUT2D eigenvalue weighted by atomic mass is 9.76. The first-order valence-corrected chi connectivity index (χ1v) is 7.78. The largest absolute Gasteiger partial charge is 0.495 e. The molecule has 3 rings (SSSR count). The molecule has 0 unspecified atom stereocenters. The van der Waals surface area contributed by atoms with Gasteiger partial charge in [0.15, 0.2) is 5.78 Å². The van der Waals surface area contributed by atoms with E-state index in [9.17, 15) is 4.79 Å². The molecule has 2 aromatic rings. The summed E-state index contributed by atoms with van der Waals surface area (Å²) >= 11 is 6.18. The Morgan fingerprint density at radius 1 is 1.23 bits per heavy atom. The molecule has 0 N–H and O–H groups in total. The second-order valence-electron chi connectivity index (χ2n) is 6.74. The fraction of sp³-hybridized carbons (Fsp3) is 0.389. The van der Waals surface area contributed by atoms with Crippen LogP contribution in [0.4, 0.5) is 0 Å². The highest BCUT2D eigenvalue weighted by atomic mass is 35.5. The van der Waals surface area contributed by atoms with E-state index in [0.29, 0.717) is 11.4 Å². The molecule has 1 heterocycles. The number of aromatic nitrogens is 1. The van der Waals surface area contributed by atoms with Gasteiger partial charge in [0, 0.05) is 28.4 Å². The van der Waals surface area contributed by atoms with Gasteiger partial charge in [-0.25, -0.2) is 0 Å². The summed E-state index contributed by atoms with van der Waals surface area (Å²) in [7, 11) is 1.65. The molecule has 0 spiro atoms. The fourth-order valence-corrected chi connectivity index (χ4v) is 3.49. The standard InChI is InChI=1S/C18H20ClNO2/c1-11-7-13-15(9-18(2,3)10-16(13)21)20(11)14-8-12(19)5-6-17(14)22-4/h5-8H,9-10H2,1-4H3. The molecule has 116 valence electrons. The number of ether oxygens (including phenoxy) is 1. The number of ketones is 1. The Morgan fingerprint density at radius 3 is 2.64 bits per heavy atom. The third kappa shape index (κ3) is 2.44. The van der Waals surface area contributed by atoms with Crippen molar-refractivity contribution in [1.29, 1.82) is 0 Å². The van der Waals surface area contributed by atoms with Crippen LogP contribution in [-0.4, -0.2) is 17.5 Å². The van der Waals surface area contributed by atoms with Crippen molar-refractivity contribution in [2.24, 2.45) is 5.41 Å². The molecule has 0 atom stereocenters. The summed E-state index contributed by atoms with van der Waals surface area (Å²) in [5.74, 6) is 0.968. The minimum atomic E-state index is -0.0293. The zero-order chi connectivity index (χ0) is 16.1. The van der Waals surface area contributed by atoms with Crippen molar-refractivity contribution >= 4 is 17.4 Å². The van der Waals surface area contributed by atoms with Crippen LogP contribution in [0.3, 0.4) is 0 Å². The minimum absolute atomic E-state index is 0.0293. The van der Waals surface area contributed by atoms with Gasteiger partial charge in [0.25, 0.3) is 0 Å². The van der Waals surface area contributed by atoms with E-state index in [1.807, 2.05) is 31.2 Å². The molecule has 1 aromatic heterocycles. The normalized spacial score (nSPS) is 16.5. The summed E-state index contributed by atoms with van der Waals surface area (Å²) in [4.78, 5) is 12.4. The molecule has 0 saturated heterocycles. The summed E-state index contributed by atoms with van der Waals surface area (Å²) in [6.07, 6.45) is 1.45. The quantitative estimate of drug-likeness (QED) is 0.810. The smallest absolute Gasteiger partial charge is 0.165 e. The maximum absolute atomic E-state index is 12.4. The molecule has 1 aliphatic carbocycles. The van der Waals surface area contributed by atoms with Crippen molar-refractivity contribution in [2.75, 3.05) is 7.11 Å². The molecule has 0 radical (unpaired) electrons. The first-order chi connectivity index (χ1) is 10.3. The highest BCUT2D eigenvalue weighted by Gasteiger charge is 2.34. The monoisotopic (exact) mass is 317 g/mol. The van der Waals surface area contributed by atoms with Crippen LogP contribution < -0.4 is 4.74 Å². The summed E-state index contributed by atoms with van der Waals surface area (Å²) in [6.45, 7) is 6.28. The number of carbonyl (C=O) groups is 1. The molecular formula is C18H20ClNO2. The Balaban J connectivity index is 2.26. The first-order valence-electron chi connectivity index (χ1n) is 7.41. The van der Waals surface area contributed by atoms with Crippen molar-refractivity contribution in [3.8, 4) is 11.4 Å². The van der Waals surface area contributed by atoms with Crippen molar-refractivity contribution in [3.05, 3.63) is 46.2 Å². The molecule has 1 aliphatic rings. The average molecular weight is 318 g/mol. The SMILES string of the molecule is COc1ccc(Cl)cc1-n1c(C)cc2c1CC(C)(C)CC2=O. The van der Waals surface area contributed by atoms with Crippen LogP contribution in [0.25, 0.3) is 5.69 Å². The highest BCUT2D eigenvalue weighted by Crippen LogP contribution is 2.39. The number of hydrogen-bond donors (Lipinski definition) is 0. The van der Waals surface area contributed by atoms with E-state index in [0.717, 1.165) is 34.8 Å². The molecule has 0 fully saturated rings. The summed E-state index contributed by atoms with van der Waals surface area (Å²) in [5.41, 5.74) is 3.77. The number of carbonyl (C=O) groups excluding carboxylic acids is 1. The average Bonchev–Trinajstić information content (AvgIpc) is 2.74. The van der Waals surface area contributed by atoms with Gasteiger partial charge in [0.2, 0.25) is 0 Å². The van der Waals surface area contributed by atoms with Crippen LogP contribution in [0.2, 0.25) is 5.02 Å². The second-order valence-corrected chi connectivity index (χ2v) is 7.18. The molecule has 1 aromatic carbocycles. The molecular weight excluding hydrogens is 298 g/mol. The van der Waals surface area contributed by atoms with Crippen molar-refractivity contribution in [1.82, 2.24) is 4.57 Å². The van der Waals surface area contributed by atoms with Gasteiger partial charge in [-0.1, -0.05) is 25.4 Å². The number of methoxy groups -OCH3 is 1.